The molecule has 1 aliphatic rings. The molecule has 1 atom stereocenters. The highest BCUT2D eigenvalue weighted by Gasteiger charge is 2.27. The summed E-state index contributed by atoms with van der Waals surface area (Å²) in [6.07, 6.45) is -0.471. The molecule has 0 unspecified atom stereocenters. The van der Waals surface area contributed by atoms with Gasteiger partial charge in [-0.1, -0.05) is 30.0 Å². The minimum absolute atomic E-state index is 0.138. The predicted molar refractivity (Wildman–Crippen MR) is 105 cm³/mol. The Morgan fingerprint density at radius 2 is 1.89 bits per heavy atom. The first-order valence-electron chi connectivity index (χ1n) is 8.79. The van der Waals surface area contributed by atoms with E-state index < -0.39 is 6.10 Å². The lowest BCUT2D eigenvalue weighted by Gasteiger charge is -2.23. The molecule has 3 aromatic rings. The quantitative estimate of drug-likeness (QED) is 0.653. The van der Waals surface area contributed by atoms with Gasteiger partial charge in [-0.25, -0.2) is 0 Å². The van der Waals surface area contributed by atoms with Crippen LogP contribution in [-0.2, 0) is 4.79 Å². The molecule has 1 N–H and O–H groups in total. The van der Waals surface area contributed by atoms with Crippen molar-refractivity contribution in [3.8, 4) is 11.5 Å². The van der Waals surface area contributed by atoms with Gasteiger partial charge in [-0.15, -0.1) is 10.2 Å². The van der Waals surface area contributed by atoms with E-state index in [2.05, 4.69) is 21.6 Å². The summed E-state index contributed by atoms with van der Waals surface area (Å²) in [5.74, 6) is 1.68. The minimum atomic E-state index is -0.471. The average molecular weight is 397 g/mol. The standard InChI is InChI=1S/C20H19N3O4S/c1-12-7-13(2)9-14(8-12)21-18(24)11-28-20-23-22-19(27-20)17-10-25-15-5-3-4-6-16(15)26-17/h3-9,17H,10-11H2,1-2H3,(H,21,24)/t17-/m0/s1. The van der Waals surface area contributed by atoms with E-state index in [1.165, 1.54) is 11.8 Å². The Balaban J connectivity index is 1.33. The number of nitrogens with zero attached hydrogens (tertiary/aromatic N) is 2. The SMILES string of the molecule is Cc1cc(C)cc(NC(=O)CSc2nnc([C@@H]3COc4ccccc4O3)o2)c1. The molecule has 0 saturated heterocycles. The minimum Gasteiger partial charge on any atom is -0.485 e. The molecule has 1 amide bonds. The van der Waals surface area contributed by atoms with Crippen molar-refractivity contribution in [3.05, 3.63) is 59.5 Å². The monoisotopic (exact) mass is 397 g/mol. The predicted octanol–water partition coefficient (Wildman–Crippen LogP) is 3.93. The molecule has 144 valence electrons. The fraction of sp³-hybridized carbons (Fsp3) is 0.250. The average Bonchev–Trinajstić information content (AvgIpc) is 3.14. The van der Waals surface area contributed by atoms with Crippen molar-refractivity contribution in [2.45, 2.75) is 25.2 Å². The third-order valence-corrected chi connectivity index (χ3v) is 4.86. The first kappa shape index (κ1) is 18.4. The molecule has 0 aliphatic carbocycles. The van der Waals surface area contributed by atoms with E-state index in [9.17, 15) is 4.79 Å². The second-order valence-corrected chi connectivity index (χ2v) is 7.41. The summed E-state index contributed by atoms with van der Waals surface area (Å²) in [6.45, 7) is 4.27. The molecule has 1 aliphatic heterocycles. The number of hydrogen-bond acceptors (Lipinski definition) is 7. The topological polar surface area (TPSA) is 86.5 Å². The third kappa shape index (κ3) is 4.28. The number of nitrogens with one attached hydrogen (secondary N) is 1. The first-order chi connectivity index (χ1) is 13.6. The lowest BCUT2D eigenvalue weighted by atomic mass is 10.1. The molecule has 2 aromatic carbocycles. The van der Waals surface area contributed by atoms with Gasteiger partial charge >= 0.3 is 0 Å². The van der Waals surface area contributed by atoms with Gasteiger partial charge in [0, 0.05) is 5.69 Å². The Kier molecular flexibility index (Phi) is 5.21. The summed E-state index contributed by atoms with van der Waals surface area (Å²) >= 11 is 1.18. The van der Waals surface area contributed by atoms with Crippen molar-refractivity contribution in [3.63, 3.8) is 0 Å². The summed E-state index contributed by atoms with van der Waals surface area (Å²) < 4.78 is 17.1. The van der Waals surface area contributed by atoms with Gasteiger partial charge in [-0.05, 0) is 49.2 Å². The number of ether oxygens (including phenoxy) is 2. The Bertz CT molecular complexity index is 984. The first-order valence-corrected chi connectivity index (χ1v) is 9.78. The zero-order valence-electron chi connectivity index (χ0n) is 15.5. The maximum absolute atomic E-state index is 12.2. The normalized spacial score (nSPS) is 15.3. The van der Waals surface area contributed by atoms with Crippen LogP contribution >= 0.6 is 11.8 Å². The number of hydrogen-bond donors (Lipinski definition) is 1. The van der Waals surface area contributed by atoms with Crippen molar-refractivity contribution < 1.29 is 18.7 Å². The molecule has 0 saturated carbocycles. The van der Waals surface area contributed by atoms with Crippen LogP contribution in [0.4, 0.5) is 5.69 Å². The van der Waals surface area contributed by atoms with E-state index in [1.54, 1.807) is 0 Å². The highest BCUT2D eigenvalue weighted by molar-refractivity contribution is 7.99. The molecule has 0 spiro atoms. The second kappa shape index (κ2) is 7.93. The van der Waals surface area contributed by atoms with Gasteiger partial charge in [0.2, 0.25) is 12.0 Å². The molecule has 7 nitrogen and oxygen atoms in total. The summed E-state index contributed by atoms with van der Waals surface area (Å²) in [7, 11) is 0. The van der Waals surface area contributed by atoms with E-state index in [-0.39, 0.29) is 18.3 Å². The molecule has 4 rings (SSSR count). The number of benzene rings is 2. The van der Waals surface area contributed by atoms with Crippen LogP contribution in [0.3, 0.4) is 0 Å². The smallest absolute Gasteiger partial charge is 0.277 e. The largest absolute Gasteiger partial charge is 0.485 e. The third-order valence-electron chi connectivity index (χ3n) is 4.04. The summed E-state index contributed by atoms with van der Waals surface area (Å²) in [4.78, 5) is 12.2. The van der Waals surface area contributed by atoms with Gasteiger partial charge in [0.1, 0.15) is 6.61 Å². The molecule has 0 radical (unpaired) electrons. The van der Waals surface area contributed by atoms with Crippen LogP contribution in [0, 0.1) is 13.8 Å². The second-order valence-electron chi connectivity index (χ2n) is 6.48. The number of fused-ring (bicyclic) bond motifs is 1. The van der Waals surface area contributed by atoms with Crippen molar-refractivity contribution in [2.24, 2.45) is 0 Å². The number of rotatable bonds is 5. The van der Waals surface area contributed by atoms with Crippen LogP contribution < -0.4 is 14.8 Å². The molecule has 0 fully saturated rings. The molecule has 8 heteroatoms. The van der Waals surface area contributed by atoms with E-state index in [4.69, 9.17) is 13.9 Å². The maximum atomic E-state index is 12.2. The van der Waals surface area contributed by atoms with Crippen LogP contribution in [0.2, 0.25) is 0 Å². The molecule has 2 heterocycles. The zero-order chi connectivity index (χ0) is 19.5. The van der Waals surface area contributed by atoms with Crippen molar-refractivity contribution in [1.82, 2.24) is 10.2 Å². The van der Waals surface area contributed by atoms with Gasteiger partial charge in [-0.3, -0.25) is 4.79 Å². The van der Waals surface area contributed by atoms with E-state index in [0.717, 1.165) is 16.8 Å². The number of aryl methyl sites for hydroxylation is 2. The summed E-state index contributed by atoms with van der Waals surface area (Å²) in [5.41, 5.74) is 2.97. The van der Waals surface area contributed by atoms with Crippen LogP contribution in [0.1, 0.15) is 23.1 Å². The molecule has 28 heavy (non-hydrogen) atoms. The fourth-order valence-corrected chi connectivity index (χ4v) is 3.49. The highest BCUT2D eigenvalue weighted by Crippen LogP contribution is 2.35. The van der Waals surface area contributed by atoms with Crippen LogP contribution in [0.15, 0.2) is 52.1 Å². The Labute approximate surface area is 166 Å². The number of carbonyl (C=O) groups is 1. The molecular formula is C20H19N3O4S. The molecule has 0 bridgehead atoms. The van der Waals surface area contributed by atoms with Crippen LogP contribution in [0.25, 0.3) is 0 Å². The van der Waals surface area contributed by atoms with Gasteiger partial charge < -0.3 is 19.2 Å². The van der Waals surface area contributed by atoms with E-state index >= 15 is 0 Å². The van der Waals surface area contributed by atoms with Gasteiger partial charge in [0.05, 0.1) is 5.75 Å². The Morgan fingerprint density at radius 1 is 1.14 bits per heavy atom. The van der Waals surface area contributed by atoms with E-state index in [1.807, 2.05) is 50.2 Å². The molecular weight excluding hydrogens is 378 g/mol. The maximum Gasteiger partial charge on any atom is 0.277 e. The number of amides is 1. The number of thioether (sulfide) groups is 1. The zero-order valence-corrected chi connectivity index (χ0v) is 16.3. The lowest BCUT2D eigenvalue weighted by Crippen LogP contribution is -2.21. The van der Waals surface area contributed by atoms with Crippen molar-refractivity contribution in [1.29, 1.82) is 0 Å². The Hall–Kier alpha value is -3.00. The lowest BCUT2D eigenvalue weighted by molar-refractivity contribution is -0.113. The van der Waals surface area contributed by atoms with E-state index in [0.29, 0.717) is 22.6 Å². The number of anilines is 1. The van der Waals surface area contributed by atoms with Crippen molar-refractivity contribution >= 4 is 23.4 Å². The summed E-state index contributed by atoms with van der Waals surface area (Å²) in [5, 5.41) is 11.2. The number of para-hydroxylation sites is 2. The van der Waals surface area contributed by atoms with Gasteiger partial charge in [0.15, 0.2) is 11.5 Å². The summed E-state index contributed by atoms with van der Waals surface area (Å²) in [6, 6.07) is 13.3. The fourth-order valence-electron chi connectivity index (χ4n) is 2.92. The number of aromatic nitrogens is 2. The van der Waals surface area contributed by atoms with Gasteiger partial charge in [0.25, 0.3) is 11.1 Å². The van der Waals surface area contributed by atoms with Crippen LogP contribution in [-0.4, -0.2) is 28.5 Å². The highest BCUT2D eigenvalue weighted by atomic mass is 32.2. The number of carbonyl (C=O) groups excluding carboxylic acids is 1. The van der Waals surface area contributed by atoms with Gasteiger partial charge in [-0.2, -0.15) is 0 Å². The molecule has 1 aromatic heterocycles. The Morgan fingerprint density at radius 3 is 2.68 bits per heavy atom. The van der Waals surface area contributed by atoms with Crippen LogP contribution in [0.5, 0.6) is 11.5 Å². The van der Waals surface area contributed by atoms with Crippen molar-refractivity contribution in [2.75, 3.05) is 17.7 Å².